The molecule has 0 atom stereocenters. The predicted octanol–water partition coefficient (Wildman–Crippen LogP) is 0.285. The zero-order valence-corrected chi connectivity index (χ0v) is 7.88. The Balaban J connectivity index is 2.59. The normalized spacial score (nSPS) is 10.1. The van der Waals surface area contributed by atoms with Crippen molar-refractivity contribution in [1.29, 1.82) is 0 Å². The summed E-state index contributed by atoms with van der Waals surface area (Å²) >= 11 is 0. The van der Waals surface area contributed by atoms with Gasteiger partial charge in [-0.3, -0.25) is 0 Å². The summed E-state index contributed by atoms with van der Waals surface area (Å²) in [6, 6.07) is 7.21. The Hall–Kier alpha value is -2.37. The molecule has 0 unspecified atom stereocenters. The maximum atomic E-state index is 5.77. The van der Waals surface area contributed by atoms with Gasteiger partial charge in [0.2, 0.25) is 11.9 Å². The van der Waals surface area contributed by atoms with Crippen LogP contribution in [-0.2, 0) is 0 Å². The van der Waals surface area contributed by atoms with Crippen LogP contribution in [-0.4, -0.2) is 15.0 Å². The number of rotatable bonds is 1. The van der Waals surface area contributed by atoms with E-state index in [4.69, 9.17) is 17.2 Å². The highest BCUT2D eigenvalue weighted by molar-refractivity contribution is 5.71. The number of aromatic nitrogens is 3. The molecule has 0 saturated heterocycles. The molecule has 0 bridgehead atoms. The van der Waals surface area contributed by atoms with Gasteiger partial charge in [-0.15, -0.1) is 0 Å². The van der Waals surface area contributed by atoms with Crippen LogP contribution in [0.15, 0.2) is 24.3 Å². The molecule has 6 N–H and O–H groups in total. The molecule has 1 aromatic carbocycles. The van der Waals surface area contributed by atoms with Gasteiger partial charge in [-0.05, 0) is 12.1 Å². The van der Waals surface area contributed by atoms with Crippen LogP contribution < -0.4 is 17.2 Å². The van der Waals surface area contributed by atoms with Gasteiger partial charge < -0.3 is 17.2 Å². The summed E-state index contributed by atoms with van der Waals surface area (Å²) in [5, 5.41) is 0. The highest BCUT2D eigenvalue weighted by atomic mass is 15.1. The molecule has 15 heavy (non-hydrogen) atoms. The van der Waals surface area contributed by atoms with E-state index in [2.05, 4.69) is 15.0 Å². The molecule has 6 heteroatoms. The van der Waals surface area contributed by atoms with Crippen molar-refractivity contribution >= 4 is 17.6 Å². The van der Waals surface area contributed by atoms with Crippen LogP contribution in [0.5, 0.6) is 0 Å². The number of benzene rings is 1. The average Bonchev–Trinajstić information content (AvgIpc) is 2.16. The molecule has 1 heterocycles. The molecule has 0 amide bonds. The van der Waals surface area contributed by atoms with E-state index < -0.39 is 0 Å². The first-order valence-corrected chi connectivity index (χ1v) is 4.29. The fraction of sp³-hybridized carbons (Fsp3) is 0. The van der Waals surface area contributed by atoms with Gasteiger partial charge in [0.1, 0.15) is 0 Å². The lowest BCUT2D eigenvalue weighted by Gasteiger charge is -2.04. The van der Waals surface area contributed by atoms with Gasteiger partial charge in [0.15, 0.2) is 5.82 Å². The van der Waals surface area contributed by atoms with E-state index in [1.807, 2.05) is 12.1 Å². The molecule has 76 valence electrons. The van der Waals surface area contributed by atoms with Gasteiger partial charge in [0.05, 0.1) is 0 Å². The molecular weight excluding hydrogens is 192 g/mol. The molecule has 1 aromatic heterocycles. The third-order valence-electron chi connectivity index (χ3n) is 1.87. The fourth-order valence-electron chi connectivity index (χ4n) is 1.23. The van der Waals surface area contributed by atoms with E-state index in [0.717, 1.165) is 0 Å². The van der Waals surface area contributed by atoms with Crippen LogP contribution in [0.2, 0.25) is 0 Å². The molecule has 0 aliphatic rings. The number of nitrogens with zero attached hydrogens (tertiary/aromatic N) is 3. The second-order valence-corrected chi connectivity index (χ2v) is 2.96. The first kappa shape index (κ1) is 9.20. The molecule has 6 nitrogen and oxygen atoms in total. The summed E-state index contributed by atoms with van der Waals surface area (Å²) in [7, 11) is 0. The second kappa shape index (κ2) is 3.41. The fourth-order valence-corrected chi connectivity index (χ4v) is 1.23. The lowest BCUT2D eigenvalue weighted by atomic mass is 10.2. The molecule has 0 saturated carbocycles. The first-order valence-electron chi connectivity index (χ1n) is 4.29. The Bertz CT molecular complexity index is 475. The van der Waals surface area contributed by atoms with Crippen LogP contribution in [0, 0.1) is 0 Å². The second-order valence-electron chi connectivity index (χ2n) is 2.96. The summed E-state index contributed by atoms with van der Waals surface area (Å²) in [5.41, 5.74) is 18.0. The number of hydrogen-bond donors (Lipinski definition) is 3. The van der Waals surface area contributed by atoms with Crippen molar-refractivity contribution in [2.45, 2.75) is 0 Å². The van der Waals surface area contributed by atoms with Gasteiger partial charge >= 0.3 is 0 Å². The zero-order valence-electron chi connectivity index (χ0n) is 7.88. The Kier molecular flexibility index (Phi) is 2.09. The minimum Gasteiger partial charge on any atom is -0.398 e. The standard InChI is InChI=1S/C9H10N6/c10-6-4-2-1-3-5(6)7-13-8(11)15-9(12)14-7/h1-4H,10H2,(H4,11,12,13,14,15). The van der Waals surface area contributed by atoms with Crippen molar-refractivity contribution in [2.24, 2.45) is 0 Å². The smallest absolute Gasteiger partial charge is 0.225 e. The van der Waals surface area contributed by atoms with Crippen molar-refractivity contribution in [2.75, 3.05) is 17.2 Å². The van der Waals surface area contributed by atoms with Crippen molar-refractivity contribution in [1.82, 2.24) is 15.0 Å². The average molecular weight is 202 g/mol. The molecule has 2 rings (SSSR count). The van der Waals surface area contributed by atoms with E-state index in [0.29, 0.717) is 17.1 Å². The maximum Gasteiger partial charge on any atom is 0.225 e. The van der Waals surface area contributed by atoms with E-state index in [9.17, 15) is 0 Å². The Morgan fingerprint density at radius 2 is 1.40 bits per heavy atom. The predicted molar refractivity (Wildman–Crippen MR) is 58.5 cm³/mol. The Morgan fingerprint density at radius 3 is 2.00 bits per heavy atom. The van der Waals surface area contributed by atoms with E-state index in [1.165, 1.54) is 0 Å². The summed E-state index contributed by atoms with van der Waals surface area (Å²) in [5.74, 6) is 0.555. The van der Waals surface area contributed by atoms with Crippen LogP contribution >= 0.6 is 0 Å². The zero-order chi connectivity index (χ0) is 10.8. The SMILES string of the molecule is Nc1nc(N)nc(-c2ccccc2N)n1. The molecule has 0 radical (unpaired) electrons. The Labute approximate surface area is 86.2 Å². The van der Waals surface area contributed by atoms with Crippen LogP contribution in [0.4, 0.5) is 17.6 Å². The van der Waals surface area contributed by atoms with E-state index in [-0.39, 0.29) is 11.9 Å². The molecular formula is C9H10N6. The van der Waals surface area contributed by atoms with Gasteiger partial charge in [0, 0.05) is 11.3 Å². The lowest BCUT2D eigenvalue weighted by Crippen LogP contribution is -2.05. The lowest BCUT2D eigenvalue weighted by molar-refractivity contribution is 1.09. The number of nitrogens with two attached hydrogens (primary N) is 3. The summed E-state index contributed by atoms with van der Waals surface area (Å²) < 4.78 is 0. The highest BCUT2D eigenvalue weighted by Crippen LogP contribution is 2.22. The quantitative estimate of drug-likeness (QED) is 0.572. The number of hydrogen-bond acceptors (Lipinski definition) is 6. The van der Waals surface area contributed by atoms with Crippen molar-refractivity contribution < 1.29 is 0 Å². The third kappa shape index (κ3) is 1.78. The maximum absolute atomic E-state index is 5.77. The van der Waals surface area contributed by atoms with E-state index >= 15 is 0 Å². The van der Waals surface area contributed by atoms with Crippen molar-refractivity contribution in [3.8, 4) is 11.4 Å². The van der Waals surface area contributed by atoms with Gasteiger partial charge in [-0.25, -0.2) is 0 Å². The van der Waals surface area contributed by atoms with Crippen LogP contribution in [0.1, 0.15) is 0 Å². The number of para-hydroxylation sites is 1. The van der Waals surface area contributed by atoms with Crippen LogP contribution in [0.3, 0.4) is 0 Å². The largest absolute Gasteiger partial charge is 0.398 e. The van der Waals surface area contributed by atoms with Crippen molar-refractivity contribution in [3.05, 3.63) is 24.3 Å². The highest BCUT2D eigenvalue weighted by Gasteiger charge is 2.07. The van der Waals surface area contributed by atoms with Gasteiger partial charge in [-0.2, -0.15) is 15.0 Å². The molecule has 0 spiro atoms. The Morgan fingerprint density at radius 1 is 0.800 bits per heavy atom. The van der Waals surface area contributed by atoms with Crippen molar-refractivity contribution in [3.63, 3.8) is 0 Å². The monoisotopic (exact) mass is 202 g/mol. The summed E-state index contributed by atoms with van der Waals surface area (Å²) in [6.45, 7) is 0. The minimum absolute atomic E-state index is 0.0840. The summed E-state index contributed by atoms with van der Waals surface area (Å²) in [4.78, 5) is 11.6. The number of anilines is 3. The van der Waals surface area contributed by atoms with Gasteiger partial charge in [0.25, 0.3) is 0 Å². The molecule has 0 aliphatic carbocycles. The number of nitrogen functional groups attached to an aromatic ring is 3. The third-order valence-corrected chi connectivity index (χ3v) is 1.87. The minimum atomic E-state index is 0.0840. The topological polar surface area (TPSA) is 117 Å². The van der Waals surface area contributed by atoms with E-state index in [1.54, 1.807) is 12.1 Å². The molecule has 0 fully saturated rings. The van der Waals surface area contributed by atoms with Crippen LogP contribution in [0.25, 0.3) is 11.4 Å². The molecule has 0 aliphatic heterocycles. The molecule has 2 aromatic rings. The summed E-state index contributed by atoms with van der Waals surface area (Å²) in [6.07, 6.45) is 0. The first-order chi connectivity index (χ1) is 7.16. The van der Waals surface area contributed by atoms with Gasteiger partial charge in [-0.1, -0.05) is 12.1 Å².